The van der Waals surface area contributed by atoms with Crippen molar-refractivity contribution < 1.29 is 5.11 Å². The lowest BCUT2D eigenvalue weighted by atomic mass is 9.63. The Hall–Kier alpha value is -1.06. The molecular formula is C15H22N2O. The molecule has 1 aliphatic heterocycles. The number of hydrogen-bond donors (Lipinski definition) is 2. The summed E-state index contributed by atoms with van der Waals surface area (Å²) in [5, 5.41) is 10.6. The molecule has 1 fully saturated rings. The molecule has 1 saturated carbocycles. The molecule has 98 valence electrons. The molecule has 0 radical (unpaired) electrons. The van der Waals surface area contributed by atoms with Gasteiger partial charge in [-0.3, -0.25) is 0 Å². The zero-order valence-corrected chi connectivity index (χ0v) is 11.0. The number of aliphatic hydroxyl groups excluding tert-OH is 1. The topological polar surface area (TPSA) is 49.5 Å². The Labute approximate surface area is 109 Å². The maximum atomic E-state index is 10.6. The number of benzene rings is 1. The second-order valence-corrected chi connectivity index (χ2v) is 5.88. The first-order valence-corrected chi connectivity index (χ1v) is 6.88. The highest BCUT2D eigenvalue weighted by Gasteiger charge is 2.43. The number of nitrogens with zero attached hydrogens (tertiary/aromatic N) is 1. The van der Waals surface area contributed by atoms with E-state index in [9.17, 15) is 5.11 Å². The summed E-state index contributed by atoms with van der Waals surface area (Å²) < 4.78 is 0. The average molecular weight is 246 g/mol. The van der Waals surface area contributed by atoms with Gasteiger partial charge in [-0.2, -0.15) is 0 Å². The van der Waals surface area contributed by atoms with Crippen LogP contribution in [-0.2, 0) is 6.42 Å². The lowest BCUT2D eigenvalue weighted by Crippen LogP contribution is -2.42. The van der Waals surface area contributed by atoms with Gasteiger partial charge in [0.25, 0.3) is 0 Å². The van der Waals surface area contributed by atoms with E-state index in [-0.39, 0.29) is 5.41 Å². The normalized spacial score (nSPS) is 22.5. The van der Waals surface area contributed by atoms with E-state index < -0.39 is 6.10 Å². The van der Waals surface area contributed by atoms with Crippen LogP contribution >= 0.6 is 0 Å². The van der Waals surface area contributed by atoms with Gasteiger partial charge in [0.1, 0.15) is 0 Å². The quantitative estimate of drug-likeness (QED) is 0.855. The summed E-state index contributed by atoms with van der Waals surface area (Å²) >= 11 is 0. The molecule has 1 unspecified atom stereocenters. The van der Waals surface area contributed by atoms with Gasteiger partial charge in [-0.05, 0) is 36.5 Å². The minimum Gasteiger partial charge on any atom is -0.388 e. The molecule has 0 bridgehead atoms. The van der Waals surface area contributed by atoms with E-state index in [2.05, 4.69) is 30.1 Å². The summed E-state index contributed by atoms with van der Waals surface area (Å²) in [4.78, 5) is 2.27. The van der Waals surface area contributed by atoms with E-state index in [1.54, 1.807) is 0 Å². The molecule has 3 rings (SSSR count). The summed E-state index contributed by atoms with van der Waals surface area (Å²) in [7, 11) is 2.12. The highest BCUT2D eigenvalue weighted by molar-refractivity contribution is 5.58. The number of hydrogen-bond acceptors (Lipinski definition) is 3. The van der Waals surface area contributed by atoms with Crippen molar-refractivity contribution in [2.75, 3.05) is 25.0 Å². The first-order chi connectivity index (χ1) is 8.66. The van der Waals surface area contributed by atoms with Gasteiger partial charge in [0.05, 0.1) is 6.10 Å². The van der Waals surface area contributed by atoms with E-state index in [1.165, 1.54) is 17.7 Å². The predicted octanol–water partition coefficient (Wildman–Crippen LogP) is 1.84. The summed E-state index contributed by atoms with van der Waals surface area (Å²) in [6.45, 7) is 1.67. The second kappa shape index (κ2) is 4.25. The number of likely N-dealkylation sites (N-methyl/N-ethyl adjacent to an activating group) is 1. The van der Waals surface area contributed by atoms with Gasteiger partial charge < -0.3 is 15.7 Å². The van der Waals surface area contributed by atoms with Gasteiger partial charge in [0.15, 0.2) is 0 Å². The summed E-state index contributed by atoms with van der Waals surface area (Å²) in [6, 6.07) is 6.39. The van der Waals surface area contributed by atoms with Gasteiger partial charge in [-0.1, -0.05) is 18.6 Å². The van der Waals surface area contributed by atoms with Gasteiger partial charge >= 0.3 is 0 Å². The molecule has 3 heteroatoms. The van der Waals surface area contributed by atoms with E-state index >= 15 is 0 Å². The monoisotopic (exact) mass is 246 g/mol. The minimum absolute atomic E-state index is 0.0568. The van der Waals surface area contributed by atoms with E-state index in [0.29, 0.717) is 6.54 Å². The fourth-order valence-electron chi connectivity index (χ4n) is 3.33. The molecule has 3 nitrogen and oxygen atoms in total. The van der Waals surface area contributed by atoms with Crippen LogP contribution in [0.5, 0.6) is 0 Å². The highest BCUT2D eigenvalue weighted by Crippen LogP contribution is 2.49. The van der Waals surface area contributed by atoms with Gasteiger partial charge in [0, 0.05) is 31.2 Å². The standard InChI is InChI=1S/C15H22N2O/c1-17-8-5-11-9-12(3-4-13(11)17)14(18)15(10-16)6-2-7-15/h3-4,9,14,18H,2,5-8,10,16H2,1H3. The molecule has 0 saturated heterocycles. The molecule has 1 aliphatic carbocycles. The summed E-state index contributed by atoms with van der Waals surface area (Å²) in [5.41, 5.74) is 9.54. The first kappa shape index (κ1) is 12.0. The molecule has 1 atom stereocenters. The maximum Gasteiger partial charge on any atom is 0.0858 e. The Kier molecular flexibility index (Phi) is 2.83. The average Bonchev–Trinajstić information content (AvgIpc) is 2.70. The second-order valence-electron chi connectivity index (χ2n) is 5.88. The third kappa shape index (κ3) is 1.65. The molecule has 3 N–H and O–H groups in total. The molecule has 2 aliphatic rings. The largest absolute Gasteiger partial charge is 0.388 e. The van der Waals surface area contributed by atoms with Crippen molar-refractivity contribution in [1.29, 1.82) is 0 Å². The zero-order chi connectivity index (χ0) is 12.8. The van der Waals surface area contributed by atoms with Gasteiger partial charge in [-0.25, -0.2) is 0 Å². The molecular weight excluding hydrogens is 224 g/mol. The van der Waals surface area contributed by atoms with Crippen LogP contribution in [-0.4, -0.2) is 25.2 Å². The van der Waals surface area contributed by atoms with Crippen LogP contribution in [0.4, 0.5) is 5.69 Å². The predicted molar refractivity (Wildman–Crippen MR) is 73.7 cm³/mol. The number of anilines is 1. The van der Waals surface area contributed by atoms with Crippen LogP contribution in [0.3, 0.4) is 0 Å². The molecule has 1 aromatic carbocycles. The minimum atomic E-state index is -0.396. The Bertz CT molecular complexity index is 448. The van der Waals surface area contributed by atoms with Gasteiger partial charge in [0.2, 0.25) is 0 Å². The third-order valence-corrected chi connectivity index (χ3v) is 4.88. The summed E-state index contributed by atoms with van der Waals surface area (Å²) in [6.07, 6.45) is 4.00. The SMILES string of the molecule is CN1CCc2cc(C(O)C3(CN)CCC3)ccc21. The van der Waals surface area contributed by atoms with Crippen molar-refractivity contribution in [2.24, 2.45) is 11.1 Å². The van der Waals surface area contributed by atoms with Crippen LogP contribution < -0.4 is 10.6 Å². The number of fused-ring (bicyclic) bond motifs is 1. The van der Waals surface area contributed by atoms with Crippen LogP contribution in [0.1, 0.15) is 36.5 Å². The smallest absolute Gasteiger partial charge is 0.0858 e. The van der Waals surface area contributed by atoms with Gasteiger partial charge in [-0.15, -0.1) is 0 Å². The van der Waals surface area contributed by atoms with E-state index in [1.807, 2.05) is 0 Å². The van der Waals surface area contributed by atoms with Crippen molar-refractivity contribution in [2.45, 2.75) is 31.8 Å². The van der Waals surface area contributed by atoms with Crippen LogP contribution in [0, 0.1) is 5.41 Å². The Morgan fingerprint density at radius 1 is 1.44 bits per heavy atom. The lowest BCUT2D eigenvalue weighted by molar-refractivity contribution is -0.0297. The number of nitrogens with two attached hydrogens (primary N) is 1. The molecule has 1 heterocycles. The highest BCUT2D eigenvalue weighted by atomic mass is 16.3. The van der Waals surface area contributed by atoms with E-state index in [4.69, 9.17) is 5.73 Å². The van der Waals surface area contributed by atoms with Crippen LogP contribution in [0.2, 0.25) is 0 Å². The fraction of sp³-hybridized carbons (Fsp3) is 0.600. The van der Waals surface area contributed by atoms with Crippen LogP contribution in [0.25, 0.3) is 0 Å². The van der Waals surface area contributed by atoms with Crippen molar-refractivity contribution >= 4 is 5.69 Å². The third-order valence-electron chi connectivity index (χ3n) is 4.88. The van der Waals surface area contributed by atoms with Crippen molar-refractivity contribution in [3.63, 3.8) is 0 Å². The zero-order valence-electron chi connectivity index (χ0n) is 11.0. The molecule has 0 aromatic heterocycles. The Balaban J connectivity index is 1.89. The molecule has 18 heavy (non-hydrogen) atoms. The molecule has 0 spiro atoms. The number of aliphatic hydroxyl groups is 1. The Morgan fingerprint density at radius 3 is 2.83 bits per heavy atom. The molecule has 0 amide bonds. The van der Waals surface area contributed by atoms with Crippen molar-refractivity contribution in [3.05, 3.63) is 29.3 Å². The maximum absolute atomic E-state index is 10.6. The molecule has 1 aromatic rings. The number of rotatable bonds is 3. The Morgan fingerprint density at radius 2 is 2.22 bits per heavy atom. The first-order valence-electron chi connectivity index (χ1n) is 6.88. The summed E-state index contributed by atoms with van der Waals surface area (Å²) in [5.74, 6) is 0. The lowest BCUT2D eigenvalue weighted by Gasteiger charge is -2.45. The fourth-order valence-corrected chi connectivity index (χ4v) is 3.33. The van der Waals surface area contributed by atoms with Crippen LogP contribution in [0.15, 0.2) is 18.2 Å². The van der Waals surface area contributed by atoms with Crippen molar-refractivity contribution in [1.82, 2.24) is 0 Å². The van der Waals surface area contributed by atoms with Crippen molar-refractivity contribution in [3.8, 4) is 0 Å². The van der Waals surface area contributed by atoms with E-state index in [0.717, 1.165) is 31.4 Å².